The van der Waals surface area contributed by atoms with E-state index in [2.05, 4.69) is 29.2 Å². The van der Waals surface area contributed by atoms with Gasteiger partial charge in [0.05, 0.1) is 25.8 Å². The van der Waals surface area contributed by atoms with Crippen molar-refractivity contribution >= 4 is 40.8 Å². The Morgan fingerprint density at radius 3 is 2.53 bits per heavy atom. The van der Waals surface area contributed by atoms with Gasteiger partial charge in [0, 0.05) is 43.3 Å². The van der Waals surface area contributed by atoms with Crippen molar-refractivity contribution in [1.82, 2.24) is 14.7 Å². The van der Waals surface area contributed by atoms with E-state index >= 15 is 0 Å². The van der Waals surface area contributed by atoms with Gasteiger partial charge in [-0.2, -0.15) is 0 Å². The predicted molar refractivity (Wildman–Crippen MR) is 148 cm³/mol. The van der Waals surface area contributed by atoms with Crippen LogP contribution in [-0.4, -0.2) is 79.7 Å². The average Bonchev–Trinajstić information content (AvgIpc) is 3.35. The van der Waals surface area contributed by atoms with Gasteiger partial charge in [-0.1, -0.05) is 41.4 Å². The maximum Gasteiger partial charge on any atom is 0.410 e. The highest BCUT2D eigenvalue weighted by Crippen LogP contribution is 2.38. The molecule has 5 rings (SSSR count). The normalized spacial score (nSPS) is 19.6. The molecule has 0 aromatic heterocycles. The van der Waals surface area contributed by atoms with Crippen LogP contribution in [0.3, 0.4) is 0 Å². The van der Waals surface area contributed by atoms with Crippen LogP contribution in [0.2, 0.25) is 10.0 Å². The highest BCUT2D eigenvalue weighted by Gasteiger charge is 2.30. The molecule has 202 valence electrons. The van der Waals surface area contributed by atoms with Crippen LogP contribution in [0.15, 0.2) is 42.5 Å². The smallest absolute Gasteiger partial charge is 0.410 e. The highest BCUT2D eigenvalue weighted by molar-refractivity contribution is 6.34. The minimum atomic E-state index is -0.373. The van der Waals surface area contributed by atoms with Crippen LogP contribution >= 0.6 is 23.2 Å². The zero-order chi connectivity index (χ0) is 26.6. The lowest BCUT2D eigenvalue weighted by molar-refractivity contribution is -0.136. The van der Waals surface area contributed by atoms with Gasteiger partial charge in [-0.25, -0.2) is 4.79 Å². The van der Waals surface area contributed by atoms with Crippen molar-refractivity contribution in [3.63, 3.8) is 0 Å². The van der Waals surface area contributed by atoms with E-state index in [4.69, 9.17) is 32.7 Å². The van der Waals surface area contributed by atoms with E-state index in [-0.39, 0.29) is 24.6 Å². The lowest BCUT2D eigenvalue weighted by Crippen LogP contribution is -2.46. The molecule has 1 unspecified atom stereocenters. The van der Waals surface area contributed by atoms with Crippen LogP contribution in [0.4, 0.5) is 4.79 Å². The minimum absolute atomic E-state index is 0.0350. The van der Waals surface area contributed by atoms with E-state index in [1.807, 2.05) is 4.90 Å². The van der Waals surface area contributed by atoms with Gasteiger partial charge in [0.2, 0.25) is 5.91 Å². The van der Waals surface area contributed by atoms with Crippen LogP contribution in [0.1, 0.15) is 41.1 Å². The molecule has 2 aliphatic heterocycles. The molecule has 0 saturated carbocycles. The Morgan fingerprint density at radius 2 is 1.82 bits per heavy atom. The monoisotopic (exact) mass is 557 g/mol. The Balaban J connectivity index is 1.20. The van der Waals surface area contributed by atoms with Gasteiger partial charge in [0.15, 0.2) is 0 Å². The van der Waals surface area contributed by atoms with Crippen LogP contribution in [0.25, 0.3) is 5.57 Å². The van der Waals surface area contributed by atoms with Gasteiger partial charge in [-0.15, -0.1) is 0 Å². The summed E-state index contributed by atoms with van der Waals surface area (Å²) in [5.41, 5.74) is 5.68. The maximum absolute atomic E-state index is 12.9. The van der Waals surface area contributed by atoms with Crippen molar-refractivity contribution in [3.8, 4) is 0 Å². The molecule has 0 bridgehead atoms. The standard InChI is InChI=1S/C29H33Cl2N3O4/c1-32(29(36)38-19-20-14-24(30)17-25(31)15-20)27-5-4-22-2-3-23(16-26(22)27)21-6-8-33(9-7-21)18-28(35)34-10-12-37-13-11-34/h2-3,6,14-17,27H,4-5,7-13,18-19H2,1H3. The molecule has 2 aromatic rings. The van der Waals surface area contributed by atoms with Gasteiger partial charge in [-0.05, 0) is 71.4 Å². The van der Waals surface area contributed by atoms with E-state index in [1.54, 1.807) is 30.1 Å². The number of ether oxygens (including phenoxy) is 2. The van der Waals surface area contributed by atoms with Crippen molar-refractivity contribution in [2.45, 2.75) is 31.9 Å². The SMILES string of the molecule is CN(C(=O)OCc1cc(Cl)cc(Cl)c1)C1CCc2ccc(C3=CCN(CC(=O)N4CCOCC4)CC3)cc21. The van der Waals surface area contributed by atoms with Crippen molar-refractivity contribution in [2.24, 2.45) is 0 Å². The number of nitrogens with zero attached hydrogens (tertiary/aromatic N) is 3. The van der Waals surface area contributed by atoms with E-state index in [9.17, 15) is 9.59 Å². The number of hydrogen-bond acceptors (Lipinski definition) is 5. The van der Waals surface area contributed by atoms with Crippen LogP contribution in [-0.2, 0) is 27.3 Å². The molecule has 2 heterocycles. The molecule has 0 radical (unpaired) electrons. The van der Waals surface area contributed by atoms with Crippen LogP contribution in [0, 0.1) is 0 Å². The second-order valence-corrected chi connectivity index (χ2v) is 11.0. The zero-order valence-corrected chi connectivity index (χ0v) is 23.1. The molecule has 1 atom stereocenters. The number of benzene rings is 2. The fourth-order valence-corrected chi connectivity index (χ4v) is 6.04. The summed E-state index contributed by atoms with van der Waals surface area (Å²) in [4.78, 5) is 31.3. The Morgan fingerprint density at radius 1 is 1.05 bits per heavy atom. The highest BCUT2D eigenvalue weighted by atomic mass is 35.5. The lowest BCUT2D eigenvalue weighted by Gasteiger charge is -2.31. The summed E-state index contributed by atoms with van der Waals surface area (Å²) >= 11 is 12.1. The number of hydrogen-bond donors (Lipinski definition) is 0. The Hall–Kier alpha value is -2.58. The summed E-state index contributed by atoms with van der Waals surface area (Å²) < 4.78 is 10.9. The number of rotatable bonds is 6. The fourth-order valence-electron chi connectivity index (χ4n) is 5.47. The number of carbonyl (C=O) groups excluding carboxylic acids is 2. The van der Waals surface area contributed by atoms with Gasteiger partial charge < -0.3 is 19.3 Å². The third-order valence-corrected chi connectivity index (χ3v) is 8.06. The number of carbonyl (C=O) groups is 2. The van der Waals surface area contributed by atoms with Crippen molar-refractivity contribution in [1.29, 1.82) is 0 Å². The molecule has 0 N–H and O–H groups in total. The molecular weight excluding hydrogens is 525 g/mol. The average molecular weight is 559 g/mol. The first kappa shape index (κ1) is 27.0. The topological polar surface area (TPSA) is 62.3 Å². The molecule has 1 aliphatic carbocycles. The summed E-state index contributed by atoms with van der Waals surface area (Å²) in [6.07, 6.45) is 4.54. The third-order valence-electron chi connectivity index (χ3n) is 7.62. The van der Waals surface area contributed by atoms with Crippen molar-refractivity contribution in [3.05, 3.63) is 74.8 Å². The summed E-state index contributed by atoms with van der Waals surface area (Å²) in [6, 6.07) is 11.7. The largest absolute Gasteiger partial charge is 0.445 e. The first-order valence-electron chi connectivity index (χ1n) is 13.1. The van der Waals surface area contributed by atoms with Gasteiger partial charge in [-0.3, -0.25) is 9.69 Å². The predicted octanol–water partition coefficient (Wildman–Crippen LogP) is 5.20. The summed E-state index contributed by atoms with van der Waals surface area (Å²) in [5, 5.41) is 1.02. The van der Waals surface area contributed by atoms with E-state index in [1.165, 1.54) is 22.3 Å². The number of fused-ring (bicyclic) bond motifs is 1. The van der Waals surface area contributed by atoms with Gasteiger partial charge >= 0.3 is 6.09 Å². The molecule has 38 heavy (non-hydrogen) atoms. The van der Waals surface area contributed by atoms with E-state index in [0.29, 0.717) is 42.9 Å². The number of amides is 2. The quantitative estimate of drug-likeness (QED) is 0.488. The van der Waals surface area contributed by atoms with E-state index in [0.717, 1.165) is 37.9 Å². The second kappa shape index (κ2) is 12.1. The van der Waals surface area contributed by atoms with Crippen LogP contribution in [0.5, 0.6) is 0 Å². The summed E-state index contributed by atoms with van der Waals surface area (Å²) in [6.45, 7) is 4.78. The van der Waals surface area contributed by atoms with Gasteiger partial charge in [0.25, 0.3) is 0 Å². The number of aryl methyl sites for hydroxylation is 1. The van der Waals surface area contributed by atoms with E-state index < -0.39 is 0 Å². The summed E-state index contributed by atoms with van der Waals surface area (Å²) in [7, 11) is 1.79. The first-order chi connectivity index (χ1) is 18.4. The molecular formula is C29H33Cl2N3O4. The van der Waals surface area contributed by atoms with Crippen molar-refractivity contribution < 1.29 is 19.1 Å². The molecule has 9 heteroatoms. The molecule has 2 amide bonds. The molecule has 3 aliphatic rings. The van der Waals surface area contributed by atoms with Crippen molar-refractivity contribution in [2.75, 3.05) is 53.0 Å². The second-order valence-electron chi connectivity index (χ2n) is 10.1. The fraction of sp³-hybridized carbons (Fsp3) is 0.448. The molecule has 0 spiro atoms. The first-order valence-corrected chi connectivity index (χ1v) is 13.9. The molecule has 1 saturated heterocycles. The van der Waals surface area contributed by atoms with Gasteiger partial charge in [0.1, 0.15) is 6.61 Å². The van der Waals surface area contributed by atoms with Crippen LogP contribution < -0.4 is 0 Å². The number of halogens is 2. The maximum atomic E-state index is 12.9. The number of morpholine rings is 1. The lowest BCUT2D eigenvalue weighted by atomic mass is 9.95. The third kappa shape index (κ3) is 6.34. The molecule has 7 nitrogen and oxygen atoms in total. The zero-order valence-electron chi connectivity index (χ0n) is 21.6. The Labute approximate surface area is 233 Å². The molecule has 1 fully saturated rings. The Bertz CT molecular complexity index is 1210. The molecule has 2 aromatic carbocycles. The Kier molecular flexibility index (Phi) is 8.58. The summed E-state index contributed by atoms with van der Waals surface area (Å²) in [5.74, 6) is 0.180. The minimum Gasteiger partial charge on any atom is -0.445 e.